The summed E-state index contributed by atoms with van der Waals surface area (Å²) in [6.07, 6.45) is 1.50. The lowest BCUT2D eigenvalue weighted by Gasteiger charge is -2.07. The first-order chi connectivity index (χ1) is 9.66. The van der Waals surface area contributed by atoms with Crippen LogP contribution < -0.4 is 5.32 Å². The first-order valence-electron chi connectivity index (χ1n) is 6.45. The Balaban J connectivity index is 2.00. The number of nitrogens with one attached hydrogen (secondary N) is 1. The van der Waals surface area contributed by atoms with Crippen molar-refractivity contribution in [2.24, 2.45) is 0 Å². The van der Waals surface area contributed by atoms with E-state index in [9.17, 15) is 9.90 Å². The first kappa shape index (κ1) is 13.9. The molecule has 0 aromatic heterocycles. The van der Waals surface area contributed by atoms with Crippen molar-refractivity contribution in [1.82, 2.24) is 5.32 Å². The average Bonchev–Trinajstić information content (AvgIpc) is 2.46. The molecule has 0 radical (unpaired) electrons. The van der Waals surface area contributed by atoms with Crippen LogP contribution in [-0.4, -0.2) is 10.9 Å². The average molecular weight is 267 g/mol. The van der Waals surface area contributed by atoms with Gasteiger partial charge in [0.1, 0.15) is 5.75 Å². The Kier molecular flexibility index (Phi) is 4.56. The van der Waals surface area contributed by atoms with Crippen molar-refractivity contribution in [2.75, 3.05) is 0 Å². The van der Waals surface area contributed by atoms with E-state index in [4.69, 9.17) is 0 Å². The SMILES string of the molecule is CC(=CC(=O)c1ccccc1O)NCc1ccccc1. The van der Waals surface area contributed by atoms with Gasteiger partial charge in [0.05, 0.1) is 5.56 Å². The predicted octanol–water partition coefficient (Wildman–Crippen LogP) is 3.27. The van der Waals surface area contributed by atoms with Crippen LogP contribution in [0, 0.1) is 0 Å². The zero-order valence-corrected chi connectivity index (χ0v) is 11.3. The number of allylic oxidation sites excluding steroid dienone is 2. The smallest absolute Gasteiger partial charge is 0.191 e. The monoisotopic (exact) mass is 267 g/mol. The number of carbonyl (C=O) groups is 1. The number of hydrogen-bond donors (Lipinski definition) is 2. The molecule has 0 heterocycles. The Morgan fingerprint density at radius 1 is 1.10 bits per heavy atom. The third-order valence-electron chi connectivity index (χ3n) is 2.93. The first-order valence-corrected chi connectivity index (χ1v) is 6.45. The zero-order valence-electron chi connectivity index (χ0n) is 11.3. The van der Waals surface area contributed by atoms with Crippen molar-refractivity contribution in [3.8, 4) is 5.75 Å². The minimum Gasteiger partial charge on any atom is -0.507 e. The molecule has 2 N–H and O–H groups in total. The summed E-state index contributed by atoms with van der Waals surface area (Å²) in [6.45, 7) is 2.50. The summed E-state index contributed by atoms with van der Waals surface area (Å²) in [4.78, 5) is 12.0. The lowest BCUT2D eigenvalue weighted by atomic mass is 10.1. The maximum atomic E-state index is 12.0. The molecule has 3 heteroatoms. The van der Waals surface area contributed by atoms with Crippen molar-refractivity contribution < 1.29 is 9.90 Å². The topological polar surface area (TPSA) is 49.3 Å². The van der Waals surface area contributed by atoms with Gasteiger partial charge in [-0.2, -0.15) is 0 Å². The van der Waals surface area contributed by atoms with Crippen molar-refractivity contribution >= 4 is 5.78 Å². The summed E-state index contributed by atoms with van der Waals surface area (Å²) in [5.41, 5.74) is 2.23. The summed E-state index contributed by atoms with van der Waals surface area (Å²) in [7, 11) is 0. The number of para-hydroxylation sites is 1. The number of hydrogen-bond acceptors (Lipinski definition) is 3. The molecular weight excluding hydrogens is 250 g/mol. The molecule has 0 aliphatic carbocycles. The highest BCUT2D eigenvalue weighted by Crippen LogP contribution is 2.16. The molecule has 0 aliphatic heterocycles. The number of ketones is 1. The van der Waals surface area contributed by atoms with E-state index in [1.54, 1.807) is 18.2 Å². The third kappa shape index (κ3) is 3.72. The molecule has 0 spiro atoms. The van der Waals surface area contributed by atoms with Crippen LogP contribution in [0.3, 0.4) is 0 Å². The Hall–Kier alpha value is -2.55. The summed E-state index contributed by atoms with van der Waals surface area (Å²) >= 11 is 0. The number of benzene rings is 2. The lowest BCUT2D eigenvalue weighted by molar-refractivity contribution is 0.104. The van der Waals surface area contributed by atoms with E-state index in [0.29, 0.717) is 12.1 Å². The van der Waals surface area contributed by atoms with Gasteiger partial charge in [0.15, 0.2) is 5.78 Å². The second kappa shape index (κ2) is 6.57. The van der Waals surface area contributed by atoms with E-state index in [1.807, 2.05) is 37.3 Å². The zero-order chi connectivity index (χ0) is 14.4. The Morgan fingerprint density at radius 3 is 2.45 bits per heavy atom. The second-order valence-electron chi connectivity index (χ2n) is 4.55. The van der Waals surface area contributed by atoms with Gasteiger partial charge in [-0.05, 0) is 24.6 Å². The number of aromatic hydroxyl groups is 1. The van der Waals surface area contributed by atoms with Crippen LogP contribution in [0.5, 0.6) is 5.75 Å². The minimum absolute atomic E-state index is 0.00427. The summed E-state index contributed by atoms with van der Waals surface area (Å²) < 4.78 is 0. The van der Waals surface area contributed by atoms with Crippen molar-refractivity contribution in [1.29, 1.82) is 0 Å². The van der Waals surface area contributed by atoms with Crippen LogP contribution in [0.4, 0.5) is 0 Å². The molecule has 0 aliphatic rings. The molecule has 0 bridgehead atoms. The molecule has 2 aromatic carbocycles. The van der Waals surface area contributed by atoms with Gasteiger partial charge >= 0.3 is 0 Å². The molecule has 20 heavy (non-hydrogen) atoms. The van der Waals surface area contributed by atoms with E-state index < -0.39 is 0 Å². The van der Waals surface area contributed by atoms with Gasteiger partial charge in [0, 0.05) is 18.3 Å². The van der Waals surface area contributed by atoms with E-state index in [1.165, 1.54) is 12.1 Å². The van der Waals surface area contributed by atoms with Gasteiger partial charge in [-0.1, -0.05) is 42.5 Å². The largest absolute Gasteiger partial charge is 0.507 e. The highest BCUT2D eigenvalue weighted by molar-refractivity contribution is 6.06. The predicted molar refractivity (Wildman–Crippen MR) is 79.5 cm³/mol. The van der Waals surface area contributed by atoms with Crippen molar-refractivity contribution in [3.05, 3.63) is 77.5 Å². The van der Waals surface area contributed by atoms with Crippen molar-refractivity contribution in [3.63, 3.8) is 0 Å². The summed E-state index contributed by atoms with van der Waals surface area (Å²) in [6, 6.07) is 16.5. The second-order valence-corrected chi connectivity index (χ2v) is 4.55. The maximum Gasteiger partial charge on any atom is 0.191 e. The molecule has 2 aromatic rings. The normalized spacial score (nSPS) is 11.2. The van der Waals surface area contributed by atoms with Gasteiger partial charge < -0.3 is 10.4 Å². The number of carbonyl (C=O) groups excluding carboxylic acids is 1. The Morgan fingerprint density at radius 2 is 1.75 bits per heavy atom. The van der Waals surface area contributed by atoms with Gasteiger partial charge in [-0.15, -0.1) is 0 Å². The third-order valence-corrected chi connectivity index (χ3v) is 2.93. The Labute approximate surface area is 118 Å². The van der Waals surface area contributed by atoms with E-state index in [-0.39, 0.29) is 11.5 Å². The van der Waals surface area contributed by atoms with Crippen LogP contribution in [0.2, 0.25) is 0 Å². The van der Waals surface area contributed by atoms with E-state index in [2.05, 4.69) is 5.32 Å². The highest BCUT2D eigenvalue weighted by Gasteiger charge is 2.07. The fourth-order valence-electron chi connectivity index (χ4n) is 1.84. The molecule has 0 saturated carbocycles. The Bertz CT molecular complexity index is 618. The van der Waals surface area contributed by atoms with Crippen LogP contribution >= 0.6 is 0 Å². The molecule has 3 nitrogen and oxygen atoms in total. The molecule has 0 atom stereocenters. The summed E-state index contributed by atoms with van der Waals surface area (Å²) in [5.74, 6) is -0.203. The van der Waals surface area contributed by atoms with E-state index >= 15 is 0 Å². The number of phenolic OH excluding ortho intramolecular Hbond substituents is 1. The van der Waals surface area contributed by atoms with E-state index in [0.717, 1.165) is 11.3 Å². The van der Waals surface area contributed by atoms with Gasteiger partial charge in [0.2, 0.25) is 0 Å². The molecule has 0 amide bonds. The number of phenols is 1. The van der Waals surface area contributed by atoms with Crippen molar-refractivity contribution in [2.45, 2.75) is 13.5 Å². The lowest BCUT2D eigenvalue weighted by Crippen LogP contribution is -2.12. The molecule has 102 valence electrons. The quantitative estimate of drug-likeness (QED) is 0.645. The van der Waals surface area contributed by atoms with Gasteiger partial charge in [-0.3, -0.25) is 4.79 Å². The van der Waals surface area contributed by atoms with Gasteiger partial charge in [-0.25, -0.2) is 0 Å². The minimum atomic E-state index is -0.207. The molecule has 0 unspecified atom stereocenters. The van der Waals surface area contributed by atoms with Crippen LogP contribution in [-0.2, 0) is 6.54 Å². The molecule has 0 fully saturated rings. The maximum absolute atomic E-state index is 12.0. The van der Waals surface area contributed by atoms with Crippen LogP contribution in [0.15, 0.2) is 66.4 Å². The number of rotatable bonds is 5. The molecule has 2 rings (SSSR count). The highest BCUT2D eigenvalue weighted by atomic mass is 16.3. The van der Waals surface area contributed by atoms with Gasteiger partial charge in [0.25, 0.3) is 0 Å². The molecular formula is C17H17NO2. The van der Waals surface area contributed by atoms with Crippen LogP contribution in [0.25, 0.3) is 0 Å². The summed E-state index contributed by atoms with van der Waals surface area (Å²) in [5, 5.41) is 12.8. The molecule has 0 saturated heterocycles. The standard InChI is InChI=1S/C17H17NO2/c1-13(18-12-14-7-3-2-4-8-14)11-17(20)15-9-5-6-10-16(15)19/h2-11,18-19H,12H2,1H3. The fourth-order valence-corrected chi connectivity index (χ4v) is 1.84. The fraction of sp³-hybridized carbons (Fsp3) is 0.118. The van der Waals surface area contributed by atoms with Crippen LogP contribution in [0.1, 0.15) is 22.8 Å².